The van der Waals surface area contributed by atoms with Gasteiger partial charge in [0.2, 0.25) is 0 Å². The van der Waals surface area contributed by atoms with E-state index in [0.717, 1.165) is 5.70 Å². The van der Waals surface area contributed by atoms with Gasteiger partial charge in [-0.1, -0.05) is 25.2 Å². The van der Waals surface area contributed by atoms with E-state index in [-0.39, 0.29) is 5.41 Å². The zero-order valence-corrected chi connectivity index (χ0v) is 9.90. The van der Waals surface area contributed by atoms with E-state index in [1.165, 1.54) is 11.5 Å². The van der Waals surface area contributed by atoms with Crippen molar-refractivity contribution in [2.75, 3.05) is 0 Å². The molecule has 14 heavy (non-hydrogen) atoms. The summed E-state index contributed by atoms with van der Waals surface area (Å²) >= 11 is 0. The van der Waals surface area contributed by atoms with Crippen LogP contribution in [0, 0.1) is 11.3 Å². The maximum absolute atomic E-state index is 4.43. The average molecular weight is 430 g/mol. The first kappa shape index (κ1) is 8.11. The molecule has 1 nitrogen and oxygen atoms in total. The third-order valence-electron chi connectivity index (χ3n) is 3.09. The molecule has 0 bridgehead atoms. The number of hydrogen-bond donors (Lipinski definition) is 0. The van der Waals surface area contributed by atoms with Crippen molar-refractivity contribution in [2.24, 2.45) is 10.4 Å². The second-order valence-corrected chi connectivity index (χ2v) is 3.73. The molecule has 0 fully saturated rings. The summed E-state index contributed by atoms with van der Waals surface area (Å²) in [6, 6.07) is 0. The van der Waals surface area contributed by atoms with Crippen molar-refractivity contribution in [1.29, 1.82) is 0 Å². The Balaban J connectivity index is 0.000000750. The molecular weight excluding hydrogens is 420 g/mol. The third-order valence-corrected chi connectivity index (χ3v) is 3.09. The number of nitrogens with zero attached hydrogens (tertiary/aromatic N) is 1. The van der Waals surface area contributed by atoms with E-state index < -0.39 is 0 Å². The summed E-state index contributed by atoms with van der Waals surface area (Å²) in [4.78, 5) is 4.43. The zero-order valence-electron chi connectivity index (χ0n) is 7.75. The van der Waals surface area contributed by atoms with Gasteiger partial charge in [0.25, 0.3) is 0 Å². The van der Waals surface area contributed by atoms with Crippen molar-refractivity contribution in [3.05, 3.63) is 53.6 Å². The summed E-state index contributed by atoms with van der Waals surface area (Å²) in [6.07, 6.45) is 14.7. The SMILES string of the molecule is CC12C3=CC=CC=C1N=C[C-]2C=C3.[Lr]. The smallest absolute Gasteiger partial charge is 0.0348 e. The zero-order chi connectivity index (χ0) is 8.89. The van der Waals surface area contributed by atoms with Crippen LogP contribution < -0.4 is 0 Å². The molecule has 0 aromatic carbocycles. The van der Waals surface area contributed by atoms with Crippen LogP contribution in [0.3, 0.4) is 0 Å². The first-order valence-corrected chi connectivity index (χ1v) is 4.51. The van der Waals surface area contributed by atoms with E-state index in [1.54, 1.807) is 0 Å². The van der Waals surface area contributed by atoms with Crippen molar-refractivity contribution in [3.8, 4) is 0 Å². The van der Waals surface area contributed by atoms with Crippen LogP contribution in [-0.4, -0.2) is 6.21 Å². The molecule has 2 aliphatic carbocycles. The van der Waals surface area contributed by atoms with Crippen LogP contribution >= 0.6 is 0 Å². The predicted octanol–water partition coefficient (Wildman–Crippen LogP) is 2.60. The van der Waals surface area contributed by atoms with Gasteiger partial charge in [-0.2, -0.15) is 5.92 Å². The third kappa shape index (κ3) is 0.650. The Hall–Kier alpha value is -2.50. The van der Waals surface area contributed by atoms with Gasteiger partial charge in [-0.25, -0.2) is 12.2 Å². The van der Waals surface area contributed by atoms with Crippen LogP contribution in [0.15, 0.2) is 52.7 Å². The van der Waals surface area contributed by atoms with Crippen molar-refractivity contribution in [1.82, 2.24) is 0 Å². The maximum Gasteiger partial charge on any atom is 0.0348 e. The van der Waals surface area contributed by atoms with E-state index in [4.69, 9.17) is 0 Å². The largest absolute Gasteiger partial charge is 0.281 e. The van der Waals surface area contributed by atoms with Crippen molar-refractivity contribution >= 4 is 6.21 Å². The number of hydrogen-bond acceptors (Lipinski definition) is 1. The summed E-state index contributed by atoms with van der Waals surface area (Å²) in [6.45, 7) is 2.24. The van der Waals surface area contributed by atoms with Crippen LogP contribution in [-0.2, 0) is 0 Å². The molecule has 0 N–H and O–H groups in total. The van der Waals surface area contributed by atoms with E-state index in [0.29, 0.717) is 0 Å². The molecule has 0 amide bonds. The molecule has 1 radical (unpaired) electrons. The molecule has 3 aliphatic rings. The van der Waals surface area contributed by atoms with E-state index in [2.05, 4.69) is 48.4 Å². The fourth-order valence-electron chi connectivity index (χ4n) is 2.15. The van der Waals surface area contributed by atoms with Gasteiger partial charge in [0.05, 0.1) is 0 Å². The minimum atomic E-state index is 0. The Labute approximate surface area is 77.9 Å². The van der Waals surface area contributed by atoms with E-state index >= 15 is 0 Å². The van der Waals surface area contributed by atoms with Crippen LogP contribution in [0.2, 0.25) is 0 Å². The molecular formula is C12H10LrN-. The van der Waals surface area contributed by atoms with Gasteiger partial charge >= 0.3 is 0 Å². The van der Waals surface area contributed by atoms with Gasteiger partial charge in [0, 0.05) is 5.70 Å². The van der Waals surface area contributed by atoms with Crippen molar-refractivity contribution < 1.29 is 0 Å². The second kappa shape index (κ2) is 2.25. The van der Waals surface area contributed by atoms with Gasteiger partial charge < -0.3 is 0 Å². The van der Waals surface area contributed by atoms with Crippen molar-refractivity contribution in [2.45, 2.75) is 6.92 Å². The van der Waals surface area contributed by atoms with Gasteiger partial charge in [0.15, 0.2) is 0 Å². The maximum atomic E-state index is 4.43. The van der Waals surface area contributed by atoms with Gasteiger partial charge in [0.1, 0.15) is 0 Å². The molecule has 2 heteroatoms. The van der Waals surface area contributed by atoms with Crippen molar-refractivity contribution in [3.63, 3.8) is 0 Å². The predicted molar refractivity (Wildman–Crippen MR) is 54.3 cm³/mol. The second-order valence-electron chi connectivity index (χ2n) is 3.73. The van der Waals surface area contributed by atoms with E-state index in [9.17, 15) is 0 Å². The number of aliphatic imine (C=N–C) groups is 1. The molecule has 0 aromatic heterocycles. The monoisotopic (exact) mass is 430 g/mol. The minimum Gasteiger partial charge on any atom is -0.281 e. The van der Waals surface area contributed by atoms with Gasteiger partial charge in [-0.3, -0.25) is 4.99 Å². The summed E-state index contributed by atoms with van der Waals surface area (Å²) in [7, 11) is 0. The molecule has 3 rings (SSSR count). The number of allylic oxidation sites excluding steroid dienone is 7. The average Bonchev–Trinajstić information content (AvgIpc) is 2.54. The Bertz CT molecular complexity index is 376. The van der Waals surface area contributed by atoms with Crippen LogP contribution in [0.25, 0.3) is 0 Å². The fraction of sp³-hybridized carbons (Fsp3) is 0.167. The summed E-state index contributed by atoms with van der Waals surface area (Å²) in [5.74, 6) is 1.31. The molecule has 1 atom stereocenters. The molecule has 0 aromatic rings. The standard InChI is InChI=1S/C12H10N.Lr/c1-12-9-4-2-3-5-11(12)13-8-10(12)7-6-9;/h2-8H,1H3;/q-1;. The van der Waals surface area contributed by atoms with Crippen LogP contribution in [0.4, 0.5) is 0 Å². The molecule has 0 saturated heterocycles. The fourth-order valence-corrected chi connectivity index (χ4v) is 2.15. The summed E-state index contributed by atoms with van der Waals surface area (Å²) < 4.78 is 0. The van der Waals surface area contributed by atoms with Gasteiger partial charge in [-0.05, 0) is 17.7 Å². The van der Waals surface area contributed by atoms with Crippen LogP contribution in [0.1, 0.15) is 6.92 Å². The Morgan fingerprint density at radius 2 is 2.07 bits per heavy atom. The Morgan fingerprint density at radius 1 is 1.29 bits per heavy atom. The topological polar surface area (TPSA) is 12.4 Å². The molecule has 0 spiro atoms. The molecule has 0 saturated carbocycles. The minimum absolute atomic E-state index is 0. The first-order valence-electron chi connectivity index (χ1n) is 4.51. The molecule has 1 aliphatic heterocycles. The molecule has 1 heterocycles. The van der Waals surface area contributed by atoms with Crippen LogP contribution in [0.5, 0.6) is 0 Å². The molecule has 1 unspecified atom stereocenters. The quantitative estimate of drug-likeness (QED) is 0.525. The Kier molecular flexibility index (Phi) is 1.31. The summed E-state index contributed by atoms with van der Waals surface area (Å²) in [5.41, 5.74) is 2.55. The van der Waals surface area contributed by atoms with E-state index in [1.807, 2.05) is 6.21 Å². The molecule has 79 valence electrons. The first-order chi connectivity index (χ1) is 6.32. The summed E-state index contributed by atoms with van der Waals surface area (Å²) in [5, 5.41) is 0. The number of rotatable bonds is 0. The normalized spacial score (nSPS) is 30.8. The Morgan fingerprint density at radius 3 is 2.93 bits per heavy atom. The van der Waals surface area contributed by atoms with Gasteiger partial charge in [-0.15, -0.1) is 5.57 Å².